The van der Waals surface area contributed by atoms with Crippen LogP contribution in [0.15, 0.2) is 18.2 Å². The van der Waals surface area contributed by atoms with E-state index in [-0.39, 0.29) is 18.4 Å². The van der Waals surface area contributed by atoms with Gasteiger partial charge in [-0.15, -0.1) is 12.4 Å². The Morgan fingerprint density at radius 2 is 2.27 bits per heavy atom. The minimum absolute atomic E-state index is 0. The summed E-state index contributed by atoms with van der Waals surface area (Å²) in [6.07, 6.45) is 2.25. The average molecular weight is 230 g/mol. The average Bonchev–Trinajstić information content (AvgIpc) is 2.71. The van der Waals surface area contributed by atoms with Crippen LogP contribution in [-0.2, 0) is 0 Å². The molecular weight excluding hydrogens is 214 g/mol. The predicted molar refractivity (Wildman–Crippen MR) is 61.9 cm³/mol. The second-order valence-corrected chi connectivity index (χ2v) is 3.57. The Kier molecular flexibility index (Phi) is 4.24. The molecule has 2 N–H and O–H groups in total. The lowest BCUT2D eigenvalue weighted by molar-refractivity contribution is 0.408. The number of benzene rings is 1. The normalized spacial score (nSPS) is 19.7. The van der Waals surface area contributed by atoms with Gasteiger partial charge in [-0.25, -0.2) is 0 Å². The highest BCUT2D eigenvalue weighted by atomic mass is 35.5. The van der Waals surface area contributed by atoms with Gasteiger partial charge < -0.3 is 15.2 Å². The Morgan fingerprint density at radius 1 is 1.47 bits per heavy atom. The first-order chi connectivity index (χ1) is 6.81. The summed E-state index contributed by atoms with van der Waals surface area (Å²) in [5.41, 5.74) is 0.946. The number of methoxy groups -OCH3 is 1. The second kappa shape index (κ2) is 5.24. The molecule has 0 spiro atoms. The SMILES string of the molecule is COc1ccc(O)c([C@H]2CCCN2)c1.Cl. The fraction of sp³-hybridized carbons (Fsp3) is 0.455. The van der Waals surface area contributed by atoms with Gasteiger partial charge in [0.2, 0.25) is 0 Å². The third kappa shape index (κ3) is 2.55. The maximum absolute atomic E-state index is 9.70. The molecule has 84 valence electrons. The highest BCUT2D eigenvalue weighted by Gasteiger charge is 2.19. The van der Waals surface area contributed by atoms with Gasteiger partial charge >= 0.3 is 0 Å². The molecule has 15 heavy (non-hydrogen) atoms. The lowest BCUT2D eigenvalue weighted by atomic mass is 10.0. The lowest BCUT2D eigenvalue weighted by Gasteiger charge is -2.13. The number of hydrogen-bond donors (Lipinski definition) is 2. The van der Waals surface area contributed by atoms with Crippen molar-refractivity contribution in [3.05, 3.63) is 23.8 Å². The number of nitrogens with one attached hydrogen (secondary N) is 1. The van der Waals surface area contributed by atoms with Crippen molar-refractivity contribution in [3.8, 4) is 11.5 Å². The van der Waals surface area contributed by atoms with E-state index in [9.17, 15) is 5.11 Å². The van der Waals surface area contributed by atoms with E-state index >= 15 is 0 Å². The minimum Gasteiger partial charge on any atom is -0.508 e. The van der Waals surface area contributed by atoms with Gasteiger partial charge in [0, 0.05) is 11.6 Å². The fourth-order valence-corrected chi connectivity index (χ4v) is 1.89. The molecule has 0 unspecified atom stereocenters. The van der Waals surface area contributed by atoms with Crippen LogP contribution in [0.1, 0.15) is 24.4 Å². The number of phenolic OH excluding ortho intramolecular Hbond substituents is 1. The van der Waals surface area contributed by atoms with Crippen molar-refractivity contribution in [2.75, 3.05) is 13.7 Å². The zero-order chi connectivity index (χ0) is 9.97. The van der Waals surface area contributed by atoms with Crippen LogP contribution in [0.25, 0.3) is 0 Å². The Labute approximate surface area is 95.9 Å². The summed E-state index contributed by atoms with van der Waals surface area (Å²) in [6.45, 7) is 1.03. The zero-order valence-corrected chi connectivity index (χ0v) is 9.51. The van der Waals surface area contributed by atoms with Crippen LogP contribution >= 0.6 is 12.4 Å². The van der Waals surface area contributed by atoms with E-state index in [2.05, 4.69) is 5.32 Å². The lowest BCUT2D eigenvalue weighted by Crippen LogP contribution is -2.12. The number of aromatic hydroxyl groups is 1. The molecule has 1 saturated heterocycles. The monoisotopic (exact) mass is 229 g/mol. The first-order valence-corrected chi connectivity index (χ1v) is 4.91. The molecule has 3 nitrogen and oxygen atoms in total. The Balaban J connectivity index is 0.00000112. The highest BCUT2D eigenvalue weighted by Crippen LogP contribution is 2.32. The standard InChI is InChI=1S/C11H15NO2.ClH/c1-14-8-4-5-11(13)9(7-8)10-3-2-6-12-10;/h4-5,7,10,12-13H,2-3,6H2,1H3;1H/t10-;/m1./s1. The number of ether oxygens (including phenoxy) is 1. The molecular formula is C11H16ClNO2. The van der Waals surface area contributed by atoms with E-state index < -0.39 is 0 Å². The minimum atomic E-state index is 0. The Morgan fingerprint density at radius 3 is 2.87 bits per heavy atom. The van der Waals surface area contributed by atoms with Gasteiger partial charge in [-0.2, -0.15) is 0 Å². The third-order valence-corrected chi connectivity index (χ3v) is 2.67. The summed E-state index contributed by atoms with van der Waals surface area (Å²) in [4.78, 5) is 0. The fourth-order valence-electron chi connectivity index (χ4n) is 1.89. The van der Waals surface area contributed by atoms with E-state index in [0.717, 1.165) is 24.3 Å². The molecule has 1 atom stereocenters. The smallest absolute Gasteiger partial charge is 0.120 e. The molecule has 0 radical (unpaired) electrons. The number of rotatable bonds is 2. The van der Waals surface area contributed by atoms with E-state index in [4.69, 9.17) is 4.74 Å². The van der Waals surface area contributed by atoms with Gasteiger partial charge in [-0.05, 0) is 37.6 Å². The highest BCUT2D eigenvalue weighted by molar-refractivity contribution is 5.85. The second-order valence-electron chi connectivity index (χ2n) is 3.57. The van der Waals surface area contributed by atoms with Crippen LogP contribution in [-0.4, -0.2) is 18.8 Å². The molecule has 0 saturated carbocycles. The molecule has 0 aromatic heterocycles. The maximum Gasteiger partial charge on any atom is 0.120 e. The van der Waals surface area contributed by atoms with Crippen molar-refractivity contribution in [2.45, 2.75) is 18.9 Å². The van der Waals surface area contributed by atoms with Crippen molar-refractivity contribution in [1.29, 1.82) is 0 Å². The van der Waals surface area contributed by atoms with Gasteiger partial charge in [0.15, 0.2) is 0 Å². The summed E-state index contributed by atoms with van der Waals surface area (Å²) in [5, 5.41) is 13.0. The molecule has 1 aromatic carbocycles. The zero-order valence-electron chi connectivity index (χ0n) is 8.69. The van der Waals surface area contributed by atoms with E-state index in [1.54, 1.807) is 19.2 Å². The maximum atomic E-state index is 9.70. The Bertz CT molecular complexity index is 324. The summed E-state index contributed by atoms with van der Waals surface area (Å²) in [7, 11) is 1.64. The Hall–Kier alpha value is -0.930. The van der Waals surface area contributed by atoms with Crippen LogP contribution in [0.3, 0.4) is 0 Å². The number of halogens is 1. The van der Waals surface area contributed by atoms with Gasteiger partial charge in [-0.3, -0.25) is 0 Å². The summed E-state index contributed by atoms with van der Waals surface area (Å²) in [6, 6.07) is 5.64. The molecule has 0 aliphatic carbocycles. The quantitative estimate of drug-likeness (QED) is 0.818. The predicted octanol–water partition coefficient (Wildman–Crippen LogP) is 2.25. The molecule has 1 heterocycles. The molecule has 1 aliphatic rings. The molecule has 4 heteroatoms. The van der Waals surface area contributed by atoms with Crippen molar-refractivity contribution in [1.82, 2.24) is 5.32 Å². The van der Waals surface area contributed by atoms with Crippen molar-refractivity contribution in [2.24, 2.45) is 0 Å². The van der Waals surface area contributed by atoms with Crippen LogP contribution < -0.4 is 10.1 Å². The van der Waals surface area contributed by atoms with Crippen LogP contribution in [0.5, 0.6) is 11.5 Å². The molecule has 0 bridgehead atoms. The van der Waals surface area contributed by atoms with E-state index in [1.165, 1.54) is 6.42 Å². The summed E-state index contributed by atoms with van der Waals surface area (Å²) in [5.74, 6) is 1.15. The molecule has 1 aliphatic heterocycles. The summed E-state index contributed by atoms with van der Waals surface area (Å²) >= 11 is 0. The summed E-state index contributed by atoms with van der Waals surface area (Å²) < 4.78 is 5.13. The van der Waals surface area contributed by atoms with E-state index in [1.807, 2.05) is 6.07 Å². The van der Waals surface area contributed by atoms with Gasteiger partial charge in [0.1, 0.15) is 11.5 Å². The molecule has 1 fully saturated rings. The first kappa shape index (κ1) is 12.1. The van der Waals surface area contributed by atoms with E-state index in [0.29, 0.717) is 5.75 Å². The first-order valence-electron chi connectivity index (χ1n) is 4.91. The van der Waals surface area contributed by atoms with Crippen molar-refractivity contribution in [3.63, 3.8) is 0 Å². The van der Waals surface area contributed by atoms with Crippen molar-refractivity contribution < 1.29 is 9.84 Å². The molecule has 0 amide bonds. The van der Waals surface area contributed by atoms with Gasteiger partial charge in [-0.1, -0.05) is 0 Å². The topological polar surface area (TPSA) is 41.5 Å². The third-order valence-electron chi connectivity index (χ3n) is 2.67. The molecule has 2 rings (SSSR count). The van der Waals surface area contributed by atoms with Gasteiger partial charge in [0.05, 0.1) is 7.11 Å². The largest absolute Gasteiger partial charge is 0.508 e. The van der Waals surface area contributed by atoms with Crippen molar-refractivity contribution >= 4 is 12.4 Å². The number of hydrogen-bond acceptors (Lipinski definition) is 3. The van der Waals surface area contributed by atoms with Crippen LogP contribution in [0.2, 0.25) is 0 Å². The van der Waals surface area contributed by atoms with Crippen LogP contribution in [0.4, 0.5) is 0 Å². The number of phenols is 1. The molecule has 1 aromatic rings. The van der Waals surface area contributed by atoms with Crippen LogP contribution in [0, 0.1) is 0 Å². The van der Waals surface area contributed by atoms with Gasteiger partial charge in [0.25, 0.3) is 0 Å².